The van der Waals surface area contributed by atoms with E-state index in [0.717, 1.165) is 31.8 Å². The minimum atomic E-state index is -3.29. The Kier molecular flexibility index (Phi) is 5.10. The standard InChI is InChI=1S/C10H22N2O2S2/c1-10(2)4-6-12(7-8-15-10)5-3-9-16(11,13)14/h3-9H2,1-2H3,(H2,11,13,14). The Balaban J connectivity index is 2.28. The summed E-state index contributed by atoms with van der Waals surface area (Å²) < 4.78 is 22.0. The zero-order valence-electron chi connectivity index (χ0n) is 10.1. The lowest BCUT2D eigenvalue weighted by Gasteiger charge is -2.22. The highest BCUT2D eigenvalue weighted by Gasteiger charge is 2.23. The minimum Gasteiger partial charge on any atom is -0.302 e. The maximum Gasteiger partial charge on any atom is 0.209 e. The van der Waals surface area contributed by atoms with E-state index in [0.29, 0.717) is 11.2 Å². The quantitative estimate of drug-likeness (QED) is 0.820. The molecule has 0 radical (unpaired) electrons. The van der Waals surface area contributed by atoms with Gasteiger partial charge in [0.15, 0.2) is 0 Å². The van der Waals surface area contributed by atoms with Crippen molar-refractivity contribution in [1.82, 2.24) is 4.90 Å². The second-order valence-corrected chi connectivity index (χ2v) is 8.46. The normalized spacial score (nSPS) is 22.9. The number of hydrogen-bond acceptors (Lipinski definition) is 4. The summed E-state index contributed by atoms with van der Waals surface area (Å²) in [6.07, 6.45) is 1.80. The first kappa shape index (κ1) is 14.3. The van der Waals surface area contributed by atoms with E-state index in [9.17, 15) is 8.42 Å². The highest BCUT2D eigenvalue weighted by atomic mass is 32.2. The van der Waals surface area contributed by atoms with Crippen LogP contribution in [0, 0.1) is 0 Å². The lowest BCUT2D eigenvalue weighted by atomic mass is 10.1. The molecule has 1 heterocycles. The van der Waals surface area contributed by atoms with Gasteiger partial charge in [-0.15, -0.1) is 0 Å². The third-order valence-corrected chi connectivity index (χ3v) is 5.06. The van der Waals surface area contributed by atoms with E-state index >= 15 is 0 Å². The van der Waals surface area contributed by atoms with Gasteiger partial charge in [-0.1, -0.05) is 13.8 Å². The van der Waals surface area contributed by atoms with E-state index in [1.807, 2.05) is 11.8 Å². The van der Waals surface area contributed by atoms with E-state index in [1.54, 1.807) is 0 Å². The lowest BCUT2D eigenvalue weighted by molar-refractivity contribution is 0.285. The monoisotopic (exact) mass is 266 g/mol. The molecule has 0 aromatic heterocycles. The zero-order chi connectivity index (χ0) is 12.2. The highest BCUT2D eigenvalue weighted by Crippen LogP contribution is 2.30. The van der Waals surface area contributed by atoms with Crippen LogP contribution in [0.4, 0.5) is 0 Å². The topological polar surface area (TPSA) is 63.4 Å². The van der Waals surface area contributed by atoms with E-state index < -0.39 is 10.0 Å². The van der Waals surface area contributed by atoms with Crippen molar-refractivity contribution in [1.29, 1.82) is 0 Å². The number of hydrogen-bond donors (Lipinski definition) is 1. The molecule has 1 saturated heterocycles. The molecule has 0 bridgehead atoms. The Morgan fingerprint density at radius 1 is 1.38 bits per heavy atom. The third-order valence-electron chi connectivity index (χ3n) is 2.83. The zero-order valence-corrected chi connectivity index (χ0v) is 11.7. The molecule has 2 N–H and O–H groups in total. The SMILES string of the molecule is CC1(C)CCN(CCCS(N)(=O)=O)CCS1. The predicted octanol–water partition coefficient (Wildman–Crippen LogP) is 0.883. The van der Waals surface area contributed by atoms with Crippen LogP contribution in [0.15, 0.2) is 0 Å². The van der Waals surface area contributed by atoms with Crippen molar-refractivity contribution < 1.29 is 8.42 Å². The van der Waals surface area contributed by atoms with Crippen LogP contribution in [0.2, 0.25) is 0 Å². The molecular formula is C10H22N2O2S2. The lowest BCUT2D eigenvalue weighted by Crippen LogP contribution is -2.30. The molecule has 1 aliphatic rings. The fourth-order valence-electron chi connectivity index (χ4n) is 1.78. The van der Waals surface area contributed by atoms with Crippen molar-refractivity contribution in [3.63, 3.8) is 0 Å². The summed E-state index contributed by atoms with van der Waals surface area (Å²) in [6, 6.07) is 0. The number of sulfonamides is 1. The summed E-state index contributed by atoms with van der Waals surface area (Å²) in [5.41, 5.74) is 0. The molecule has 0 aromatic rings. The van der Waals surface area contributed by atoms with Gasteiger partial charge in [-0.3, -0.25) is 0 Å². The van der Waals surface area contributed by atoms with E-state index in [1.165, 1.54) is 0 Å². The van der Waals surface area contributed by atoms with Gasteiger partial charge in [-0.05, 0) is 25.9 Å². The number of nitrogens with two attached hydrogens (primary N) is 1. The summed E-state index contributed by atoms with van der Waals surface area (Å²) in [5.74, 6) is 1.22. The molecule has 0 saturated carbocycles. The van der Waals surface area contributed by atoms with Gasteiger partial charge in [0.25, 0.3) is 0 Å². The summed E-state index contributed by atoms with van der Waals surface area (Å²) in [4.78, 5) is 2.34. The van der Waals surface area contributed by atoms with Crippen molar-refractivity contribution in [3.8, 4) is 0 Å². The molecule has 96 valence electrons. The predicted molar refractivity (Wildman–Crippen MR) is 70.2 cm³/mol. The first-order valence-electron chi connectivity index (χ1n) is 5.65. The molecule has 6 heteroatoms. The van der Waals surface area contributed by atoms with Crippen LogP contribution in [-0.4, -0.2) is 49.2 Å². The van der Waals surface area contributed by atoms with Crippen molar-refractivity contribution in [2.75, 3.05) is 31.1 Å². The van der Waals surface area contributed by atoms with Crippen molar-refractivity contribution >= 4 is 21.8 Å². The van der Waals surface area contributed by atoms with Crippen molar-refractivity contribution in [3.05, 3.63) is 0 Å². The van der Waals surface area contributed by atoms with Gasteiger partial charge in [0.2, 0.25) is 10.0 Å². The molecule has 1 fully saturated rings. The average molecular weight is 266 g/mol. The maximum absolute atomic E-state index is 10.8. The summed E-state index contributed by atoms with van der Waals surface area (Å²) in [7, 11) is -3.29. The van der Waals surface area contributed by atoms with Crippen LogP contribution in [0.5, 0.6) is 0 Å². The summed E-state index contributed by atoms with van der Waals surface area (Å²) in [5, 5.41) is 4.97. The molecule has 0 aromatic carbocycles. The van der Waals surface area contributed by atoms with Gasteiger partial charge >= 0.3 is 0 Å². The molecule has 16 heavy (non-hydrogen) atoms. The Morgan fingerprint density at radius 3 is 2.69 bits per heavy atom. The van der Waals surface area contributed by atoms with E-state index in [-0.39, 0.29) is 5.75 Å². The smallest absolute Gasteiger partial charge is 0.209 e. The molecular weight excluding hydrogens is 244 g/mol. The Hall–Kier alpha value is 0.220. The van der Waals surface area contributed by atoms with Gasteiger partial charge in [0.1, 0.15) is 0 Å². The number of thioether (sulfide) groups is 1. The molecule has 0 spiro atoms. The first-order chi connectivity index (χ1) is 7.29. The van der Waals surface area contributed by atoms with Gasteiger partial charge in [0, 0.05) is 17.0 Å². The highest BCUT2D eigenvalue weighted by molar-refractivity contribution is 8.00. The van der Waals surface area contributed by atoms with Crippen LogP contribution >= 0.6 is 11.8 Å². The summed E-state index contributed by atoms with van der Waals surface area (Å²) in [6.45, 7) is 7.49. The van der Waals surface area contributed by atoms with Crippen LogP contribution in [-0.2, 0) is 10.0 Å². The van der Waals surface area contributed by atoms with Gasteiger partial charge in [0.05, 0.1) is 5.75 Å². The molecule has 4 nitrogen and oxygen atoms in total. The molecule has 1 aliphatic heterocycles. The fraction of sp³-hybridized carbons (Fsp3) is 1.00. The Morgan fingerprint density at radius 2 is 2.06 bits per heavy atom. The van der Waals surface area contributed by atoms with Gasteiger partial charge in [-0.25, -0.2) is 13.6 Å². The Labute approximate surface area is 103 Å². The van der Waals surface area contributed by atoms with Gasteiger partial charge in [-0.2, -0.15) is 11.8 Å². The number of nitrogens with zero attached hydrogens (tertiary/aromatic N) is 1. The molecule has 0 aliphatic carbocycles. The second kappa shape index (κ2) is 5.71. The second-order valence-electron chi connectivity index (χ2n) is 4.92. The fourth-order valence-corrected chi connectivity index (χ4v) is 3.44. The first-order valence-corrected chi connectivity index (χ1v) is 8.35. The van der Waals surface area contributed by atoms with Crippen LogP contribution in [0.1, 0.15) is 26.7 Å². The third kappa shape index (κ3) is 6.08. The van der Waals surface area contributed by atoms with Crippen LogP contribution in [0.25, 0.3) is 0 Å². The van der Waals surface area contributed by atoms with E-state index in [2.05, 4.69) is 18.7 Å². The molecule has 0 unspecified atom stereocenters. The van der Waals surface area contributed by atoms with E-state index in [4.69, 9.17) is 5.14 Å². The van der Waals surface area contributed by atoms with Crippen LogP contribution < -0.4 is 5.14 Å². The molecule has 0 amide bonds. The number of primary sulfonamides is 1. The van der Waals surface area contributed by atoms with Crippen molar-refractivity contribution in [2.45, 2.75) is 31.4 Å². The molecule has 1 rings (SSSR count). The van der Waals surface area contributed by atoms with Gasteiger partial charge < -0.3 is 4.90 Å². The average Bonchev–Trinajstić information content (AvgIpc) is 2.26. The largest absolute Gasteiger partial charge is 0.302 e. The minimum absolute atomic E-state index is 0.0973. The maximum atomic E-state index is 10.8. The summed E-state index contributed by atoms with van der Waals surface area (Å²) >= 11 is 2.00. The number of rotatable bonds is 4. The van der Waals surface area contributed by atoms with Crippen molar-refractivity contribution in [2.24, 2.45) is 5.14 Å². The Bertz CT molecular complexity index is 315. The van der Waals surface area contributed by atoms with Crippen LogP contribution in [0.3, 0.4) is 0 Å². The molecule has 0 atom stereocenters.